The molecule has 4 rings (SSSR count). The summed E-state index contributed by atoms with van der Waals surface area (Å²) in [4.78, 5) is 17.5. The van der Waals surface area contributed by atoms with E-state index in [-0.39, 0.29) is 18.9 Å². The number of amides is 1. The van der Waals surface area contributed by atoms with E-state index in [0.717, 1.165) is 24.1 Å². The number of ether oxygens (including phenoxy) is 3. The predicted octanol–water partition coefficient (Wildman–Crippen LogP) is -0.177. The lowest BCUT2D eigenvalue weighted by Gasteiger charge is -2.33. The molecule has 1 aromatic heterocycles. The van der Waals surface area contributed by atoms with Gasteiger partial charge < -0.3 is 19.1 Å². The number of hydrazine groups is 1. The maximum atomic E-state index is 12.4. The fraction of sp³-hybridized carbons (Fsp3) is 0.333. The van der Waals surface area contributed by atoms with Crippen LogP contribution in [0.25, 0.3) is 0 Å². The molecular weight excluding hydrogens is 336 g/mol. The summed E-state index contributed by atoms with van der Waals surface area (Å²) in [6.45, 7) is 1.10. The molecule has 0 bridgehead atoms. The zero-order chi connectivity index (χ0) is 18.1. The van der Waals surface area contributed by atoms with Gasteiger partial charge >= 0.3 is 0 Å². The third-order valence-corrected chi connectivity index (χ3v) is 4.79. The minimum atomic E-state index is -0.216. The molecule has 0 radical (unpaired) electrons. The maximum absolute atomic E-state index is 12.4. The van der Waals surface area contributed by atoms with E-state index in [0.29, 0.717) is 22.8 Å². The monoisotopic (exact) mass is 357 g/mol. The zero-order valence-electron chi connectivity index (χ0n) is 14.7. The zero-order valence-corrected chi connectivity index (χ0v) is 14.7. The average Bonchev–Trinajstić information content (AvgIpc) is 3.14. The third-order valence-electron chi connectivity index (χ3n) is 4.79. The molecule has 8 nitrogen and oxygen atoms in total. The van der Waals surface area contributed by atoms with Crippen molar-refractivity contribution in [1.29, 1.82) is 0 Å². The van der Waals surface area contributed by atoms with E-state index >= 15 is 0 Å². The molecule has 1 amide bonds. The molecule has 0 saturated carbocycles. The number of nitrogens with one attached hydrogen (secondary N) is 3. The quantitative estimate of drug-likeness (QED) is 0.659. The van der Waals surface area contributed by atoms with Gasteiger partial charge in [-0.1, -0.05) is 0 Å². The Hall–Kier alpha value is -2.84. The van der Waals surface area contributed by atoms with E-state index in [4.69, 9.17) is 14.2 Å². The fourth-order valence-electron chi connectivity index (χ4n) is 3.43. The van der Waals surface area contributed by atoms with Gasteiger partial charge in [-0.25, -0.2) is 0 Å². The van der Waals surface area contributed by atoms with Crippen molar-refractivity contribution in [2.45, 2.75) is 12.6 Å². The van der Waals surface area contributed by atoms with Gasteiger partial charge in [-0.2, -0.15) is 5.43 Å². The lowest BCUT2D eigenvalue weighted by molar-refractivity contribution is -0.918. The smallest absolute Gasteiger partial charge is 0.265 e. The van der Waals surface area contributed by atoms with E-state index in [2.05, 4.69) is 22.9 Å². The highest BCUT2D eigenvalue weighted by Crippen LogP contribution is 2.46. The number of likely N-dealkylation sites (N-methyl/N-ethyl adjacent to an activating group) is 1. The Bertz CT molecular complexity index is 828. The molecular formula is C18H21N4O4+. The lowest BCUT2D eigenvalue weighted by atomic mass is 9.95. The van der Waals surface area contributed by atoms with Gasteiger partial charge in [-0.15, -0.1) is 0 Å². The van der Waals surface area contributed by atoms with Crippen molar-refractivity contribution < 1.29 is 23.9 Å². The summed E-state index contributed by atoms with van der Waals surface area (Å²) < 4.78 is 16.8. The Morgan fingerprint density at radius 3 is 2.92 bits per heavy atom. The van der Waals surface area contributed by atoms with Crippen LogP contribution in [0, 0.1) is 0 Å². The minimum Gasteiger partial charge on any atom is -0.492 e. The first-order valence-corrected chi connectivity index (χ1v) is 8.46. The van der Waals surface area contributed by atoms with Crippen molar-refractivity contribution in [3.63, 3.8) is 0 Å². The number of pyridine rings is 1. The highest BCUT2D eigenvalue weighted by atomic mass is 16.7. The highest BCUT2D eigenvalue weighted by Gasteiger charge is 2.36. The molecule has 3 N–H and O–H groups in total. The number of benzene rings is 1. The summed E-state index contributed by atoms with van der Waals surface area (Å²) in [5, 5.41) is 0. The number of rotatable bonds is 4. The van der Waals surface area contributed by atoms with Crippen molar-refractivity contribution in [3.8, 4) is 17.2 Å². The van der Waals surface area contributed by atoms with E-state index in [9.17, 15) is 4.79 Å². The largest absolute Gasteiger partial charge is 0.492 e. The molecule has 0 saturated heterocycles. The second kappa shape index (κ2) is 6.81. The fourth-order valence-corrected chi connectivity index (χ4v) is 3.43. The molecule has 2 aliphatic rings. The van der Waals surface area contributed by atoms with Crippen LogP contribution in [-0.4, -0.2) is 38.4 Å². The molecule has 1 unspecified atom stereocenters. The van der Waals surface area contributed by atoms with Crippen LogP contribution in [0.15, 0.2) is 30.6 Å². The Morgan fingerprint density at radius 1 is 1.35 bits per heavy atom. The second-order valence-corrected chi connectivity index (χ2v) is 6.33. The number of carbonyl (C=O) groups is 1. The predicted molar refractivity (Wildman–Crippen MR) is 92.2 cm³/mol. The first kappa shape index (κ1) is 16.6. The molecule has 8 heteroatoms. The Morgan fingerprint density at radius 2 is 2.15 bits per heavy atom. The summed E-state index contributed by atoms with van der Waals surface area (Å²) in [5.41, 5.74) is 8.61. The highest BCUT2D eigenvalue weighted by molar-refractivity contribution is 5.93. The van der Waals surface area contributed by atoms with Gasteiger partial charge in [0.05, 0.1) is 26.3 Å². The summed E-state index contributed by atoms with van der Waals surface area (Å²) in [7, 11) is 3.69. The second-order valence-electron chi connectivity index (χ2n) is 6.33. The number of aromatic nitrogens is 1. The topological polar surface area (TPSA) is 86.2 Å². The van der Waals surface area contributed by atoms with Gasteiger partial charge in [-0.05, 0) is 23.8 Å². The van der Waals surface area contributed by atoms with Crippen molar-refractivity contribution in [2.75, 3.05) is 27.5 Å². The molecule has 3 heterocycles. The number of quaternary nitrogens is 1. The van der Waals surface area contributed by atoms with Gasteiger partial charge in [0.15, 0.2) is 17.7 Å². The molecule has 2 aromatic rings. The van der Waals surface area contributed by atoms with Crippen molar-refractivity contribution in [3.05, 3.63) is 47.3 Å². The first-order chi connectivity index (χ1) is 12.7. The maximum Gasteiger partial charge on any atom is 0.265 e. The molecule has 2 aliphatic heterocycles. The Balaban J connectivity index is 1.63. The summed E-state index contributed by atoms with van der Waals surface area (Å²) in [6.07, 6.45) is 3.90. The Kier molecular flexibility index (Phi) is 4.36. The lowest BCUT2D eigenvalue weighted by Crippen LogP contribution is -3.12. The van der Waals surface area contributed by atoms with Gasteiger partial charge in [0.2, 0.25) is 12.5 Å². The summed E-state index contributed by atoms with van der Waals surface area (Å²) in [5.74, 6) is 1.77. The molecule has 26 heavy (non-hydrogen) atoms. The number of hydrogen-bond acceptors (Lipinski definition) is 6. The van der Waals surface area contributed by atoms with Crippen LogP contribution < -0.4 is 30.0 Å². The Labute approximate surface area is 151 Å². The summed E-state index contributed by atoms with van der Waals surface area (Å²) in [6, 6.07) is 5.34. The molecule has 1 aromatic carbocycles. The molecule has 0 aliphatic carbocycles. The van der Waals surface area contributed by atoms with Gasteiger partial charge in [-0.3, -0.25) is 15.2 Å². The van der Waals surface area contributed by atoms with Crippen LogP contribution in [0.2, 0.25) is 0 Å². The standard InChI is InChI=1S/C18H20N4O4/c1-22-8-5-12-9-13-15(26-10-25-13)16(24-2)14(12)17(22)20-21-18(23)11-3-6-19-7-4-11/h3-4,6-7,9,17,20H,5,8,10H2,1-2H3,(H,21,23)/p+1/t17-/m0/s1. The number of nitrogens with zero attached hydrogens (tertiary/aromatic N) is 1. The first-order valence-electron chi connectivity index (χ1n) is 8.46. The number of fused-ring (bicyclic) bond motifs is 2. The van der Waals surface area contributed by atoms with E-state index in [1.807, 2.05) is 6.07 Å². The van der Waals surface area contributed by atoms with Gasteiger partial charge in [0.1, 0.15) is 0 Å². The minimum absolute atomic E-state index is 0.172. The van der Waals surface area contributed by atoms with Crippen LogP contribution in [-0.2, 0) is 6.42 Å². The number of methoxy groups -OCH3 is 1. The van der Waals surface area contributed by atoms with E-state index < -0.39 is 0 Å². The third kappa shape index (κ3) is 2.83. The molecule has 0 spiro atoms. The van der Waals surface area contributed by atoms with Crippen molar-refractivity contribution >= 4 is 5.91 Å². The van der Waals surface area contributed by atoms with Crippen molar-refractivity contribution in [1.82, 2.24) is 15.8 Å². The van der Waals surface area contributed by atoms with Crippen LogP contribution in [0.5, 0.6) is 17.2 Å². The molecule has 2 atom stereocenters. The van der Waals surface area contributed by atoms with E-state index in [1.54, 1.807) is 31.6 Å². The summed E-state index contributed by atoms with van der Waals surface area (Å²) >= 11 is 0. The van der Waals surface area contributed by atoms with Crippen molar-refractivity contribution in [2.24, 2.45) is 0 Å². The SMILES string of the molecule is COc1c2c(cc3c1[C@@H](NNC(=O)c1ccncc1)[NH+](C)CC3)OCO2. The van der Waals surface area contributed by atoms with E-state index in [1.165, 1.54) is 4.90 Å². The number of carbonyl (C=O) groups excluding carboxylic acids is 1. The molecule has 0 fully saturated rings. The molecule has 136 valence electrons. The van der Waals surface area contributed by atoms with Crippen LogP contribution in [0.4, 0.5) is 0 Å². The van der Waals surface area contributed by atoms with Crippen LogP contribution in [0.1, 0.15) is 27.7 Å². The normalized spacial score (nSPS) is 20.4. The van der Waals surface area contributed by atoms with Crippen LogP contribution in [0.3, 0.4) is 0 Å². The number of hydrogen-bond donors (Lipinski definition) is 3. The van der Waals surface area contributed by atoms with Gasteiger partial charge in [0.25, 0.3) is 5.91 Å². The van der Waals surface area contributed by atoms with Crippen LogP contribution >= 0.6 is 0 Å². The van der Waals surface area contributed by atoms with Gasteiger partial charge in [0, 0.05) is 24.4 Å². The average molecular weight is 357 g/mol.